The minimum Gasteiger partial charge on any atom is -0.508 e. The van der Waals surface area contributed by atoms with Crippen molar-refractivity contribution < 1.29 is 29.4 Å². The highest BCUT2D eigenvalue weighted by molar-refractivity contribution is 5.94. The number of hydrogen-bond donors (Lipinski definition) is 6. The fourth-order valence-electron chi connectivity index (χ4n) is 4.23. The Kier molecular flexibility index (Phi) is 12.6. The molecule has 2 aromatic rings. The zero-order valence-electron chi connectivity index (χ0n) is 23.6. The van der Waals surface area contributed by atoms with E-state index in [1.54, 1.807) is 19.1 Å². The number of hydrogen-bond acceptors (Lipinski definition) is 6. The maximum atomic E-state index is 13.5. The van der Waals surface area contributed by atoms with Crippen LogP contribution >= 0.6 is 0 Å². The maximum Gasteiger partial charge on any atom is 0.326 e. The standard InChI is InChI=1S/C30H42N4O6/c1-5-19(4)26(30(39)40)34-29(38)25(17-20-9-7-6-8-10-20)33-28(37)24(15-18(2)3)32-27(36)23(31)16-21-11-13-22(35)14-12-21/h6-14,18-19,23-26,35H,5,15-17,31H2,1-4H3,(H,32,36)(H,33,37)(H,34,38)(H,39,40). The normalized spacial score (nSPS) is 14.8. The van der Waals surface area contributed by atoms with E-state index in [0.717, 1.165) is 11.1 Å². The van der Waals surface area contributed by atoms with Crippen molar-refractivity contribution in [2.24, 2.45) is 17.6 Å². The van der Waals surface area contributed by atoms with Crippen LogP contribution in [0.1, 0.15) is 51.7 Å². The molecular formula is C30H42N4O6. The molecule has 7 N–H and O–H groups in total. The van der Waals surface area contributed by atoms with Gasteiger partial charge in [0.2, 0.25) is 17.7 Å². The van der Waals surface area contributed by atoms with Crippen LogP contribution in [0.4, 0.5) is 0 Å². The molecule has 0 fully saturated rings. The molecule has 2 rings (SSSR count). The van der Waals surface area contributed by atoms with Gasteiger partial charge in [-0.05, 0) is 47.9 Å². The second-order valence-corrected chi connectivity index (χ2v) is 10.6. The summed E-state index contributed by atoms with van der Waals surface area (Å²) >= 11 is 0. The number of nitrogens with one attached hydrogen (secondary N) is 3. The number of amides is 3. The molecule has 5 atom stereocenters. The van der Waals surface area contributed by atoms with Gasteiger partial charge in [0, 0.05) is 6.42 Å². The molecule has 10 heteroatoms. The number of carbonyl (C=O) groups is 4. The van der Waals surface area contributed by atoms with Crippen LogP contribution in [0.2, 0.25) is 0 Å². The van der Waals surface area contributed by atoms with Gasteiger partial charge in [0.15, 0.2) is 0 Å². The summed E-state index contributed by atoms with van der Waals surface area (Å²) in [4.78, 5) is 51.5. The summed E-state index contributed by atoms with van der Waals surface area (Å²) in [7, 11) is 0. The lowest BCUT2D eigenvalue weighted by molar-refractivity contribution is -0.143. The van der Waals surface area contributed by atoms with Gasteiger partial charge in [-0.1, -0.05) is 76.6 Å². The lowest BCUT2D eigenvalue weighted by Gasteiger charge is -2.27. The number of rotatable bonds is 15. The Morgan fingerprint density at radius 1 is 0.775 bits per heavy atom. The summed E-state index contributed by atoms with van der Waals surface area (Å²) in [5, 5.41) is 27.2. The zero-order valence-corrected chi connectivity index (χ0v) is 23.6. The van der Waals surface area contributed by atoms with E-state index in [9.17, 15) is 29.4 Å². The van der Waals surface area contributed by atoms with Crippen LogP contribution in [0.25, 0.3) is 0 Å². The summed E-state index contributed by atoms with van der Waals surface area (Å²) in [5.74, 6) is -3.05. The molecule has 40 heavy (non-hydrogen) atoms. The third-order valence-electron chi connectivity index (χ3n) is 6.76. The number of aliphatic carboxylic acids is 1. The van der Waals surface area contributed by atoms with Gasteiger partial charge in [-0.2, -0.15) is 0 Å². The number of carboxylic acids is 1. The Morgan fingerprint density at radius 2 is 1.32 bits per heavy atom. The maximum absolute atomic E-state index is 13.5. The van der Waals surface area contributed by atoms with Crippen molar-refractivity contribution in [2.45, 2.75) is 77.5 Å². The molecule has 0 aliphatic rings. The van der Waals surface area contributed by atoms with E-state index in [2.05, 4.69) is 16.0 Å². The van der Waals surface area contributed by atoms with Gasteiger partial charge in [0.1, 0.15) is 23.9 Å². The van der Waals surface area contributed by atoms with E-state index in [1.165, 1.54) is 12.1 Å². The Bertz CT molecular complexity index is 1120. The Morgan fingerprint density at radius 3 is 1.88 bits per heavy atom. The van der Waals surface area contributed by atoms with E-state index in [1.807, 2.05) is 51.1 Å². The fraction of sp³-hybridized carbons (Fsp3) is 0.467. The van der Waals surface area contributed by atoms with Crippen molar-refractivity contribution in [1.29, 1.82) is 0 Å². The summed E-state index contributed by atoms with van der Waals surface area (Å²) in [5.41, 5.74) is 7.64. The molecule has 0 aliphatic carbocycles. The molecule has 218 valence electrons. The largest absolute Gasteiger partial charge is 0.508 e. The van der Waals surface area contributed by atoms with Crippen LogP contribution in [-0.4, -0.2) is 58.1 Å². The predicted molar refractivity (Wildman–Crippen MR) is 152 cm³/mol. The molecule has 0 aliphatic heterocycles. The number of benzene rings is 2. The SMILES string of the molecule is CCC(C)C(NC(=O)C(Cc1ccccc1)NC(=O)C(CC(C)C)NC(=O)C(N)Cc1ccc(O)cc1)C(=O)O. The second-order valence-electron chi connectivity index (χ2n) is 10.6. The van der Waals surface area contributed by atoms with Gasteiger partial charge in [-0.15, -0.1) is 0 Å². The topological polar surface area (TPSA) is 171 Å². The van der Waals surface area contributed by atoms with Crippen LogP contribution < -0.4 is 21.7 Å². The van der Waals surface area contributed by atoms with Crippen molar-refractivity contribution >= 4 is 23.7 Å². The lowest BCUT2D eigenvalue weighted by Crippen LogP contribution is -2.58. The smallest absolute Gasteiger partial charge is 0.326 e. The average molecular weight is 555 g/mol. The molecule has 3 amide bonds. The average Bonchev–Trinajstić information content (AvgIpc) is 2.91. The van der Waals surface area contributed by atoms with Gasteiger partial charge in [0.25, 0.3) is 0 Å². The van der Waals surface area contributed by atoms with Crippen molar-refractivity contribution in [3.8, 4) is 5.75 Å². The van der Waals surface area contributed by atoms with E-state index in [0.29, 0.717) is 12.8 Å². The predicted octanol–water partition coefficient (Wildman–Crippen LogP) is 2.14. The molecule has 0 saturated carbocycles. The summed E-state index contributed by atoms with van der Waals surface area (Å²) < 4.78 is 0. The summed E-state index contributed by atoms with van der Waals surface area (Å²) in [6, 6.07) is 11.3. The van der Waals surface area contributed by atoms with E-state index in [4.69, 9.17) is 5.73 Å². The number of carbonyl (C=O) groups excluding carboxylic acids is 3. The molecule has 2 aromatic carbocycles. The first-order valence-electron chi connectivity index (χ1n) is 13.6. The molecule has 0 saturated heterocycles. The van der Waals surface area contributed by atoms with Gasteiger partial charge < -0.3 is 31.9 Å². The monoisotopic (exact) mass is 554 g/mol. The first-order valence-corrected chi connectivity index (χ1v) is 13.6. The number of carboxylic acid groups (broad SMARTS) is 1. The van der Waals surface area contributed by atoms with Crippen molar-refractivity contribution in [3.63, 3.8) is 0 Å². The number of aromatic hydroxyl groups is 1. The molecule has 0 spiro atoms. The van der Waals surface area contributed by atoms with Crippen molar-refractivity contribution in [1.82, 2.24) is 16.0 Å². The van der Waals surface area contributed by atoms with Gasteiger partial charge in [-0.25, -0.2) is 4.79 Å². The summed E-state index contributed by atoms with van der Waals surface area (Å²) in [6.07, 6.45) is 1.18. The highest BCUT2D eigenvalue weighted by atomic mass is 16.4. The second kappa shape index (κ2) is 15.6. The molecule has 5 unspecified atom stereocenters. The quantitative estimate of drug-likeness (QED) is 0.196. The Labute approximate surface area is 235 Å². The van der Waals surface area contributed by atoms with Gasteiger partial charge in [0.05, 0.1) is 6.04 Å². The third-order valence-corrected chi connectivity index (χ3v) is 6.76. The molecular weight excluding hydrogens is 512 g/mol. The Balaban J connectivity index is 2.21. The van der Waals surface area contributed by atoms with Gasteiger partial charge >= 0.3 is 5.97 Å². The minimum atomic E-state index is -1.15. The Hall–Kier alpha value is -3.92. The van der Waals surface area contributed by atoms with Crippen LogP contribution in [0.15, 0.2) is 54.6 Å². The highest BCUT2D eigenvalue weighted by Gasteiger charge is 2.32. The van der Waals surface area contributed by atoms with Crippen molar-refractivity contribution in [3.05, 3.63) is 65.7 Å². The number of phenolic OH excluding ortho intramolecular Hbond substituents is 1. The van der Waals surface area contributed by atoms with Crippen LogP contribution in [0.5, 0.6) is 5.75 Å². The van der Waals surface area contributed by atoms with Crippen LogP contribution in [0, 0.1) is 11.8 Å². The van der Waals surface area contributed by atoms with E-state index >= 15 is 0 Å². The molecule has 0 bridgehead atoms. The molecule has 0 aromatic heterocycles. The fourth-order valence-corrected chi connectivity index (χ4v) is 4.23. The third kappa shape index (κ3) is 10.3. The zero-order chi connectivity index (χ0) is 29.8. The first-order chi connectivity index (χ1) is 18.9. The summed E-state index contributed by atoms with van der Waals surface area (Å²) in [6.45, 7) is 7.38. The number of phenols is 1. The number of nitrogens with two attached hydrogens (primary N) is 1. The van der Waals surface area contributed by atoms with Crippen LogP contribution in [0.3, 0.4) is 0 Å². The minimum absolute atomic E-state index is 0.0348. The molecule has 10 nitrogen and oxygen atoms in total. The molecule has 0 heterocycles. The molecule has 0 radical (unpaired) electrons. The lowest BCUT2D eigenvalue weighted by atomic mass is 9.97. The van der Waals surface area contributed by atoms with E-state index in [-0.39, 0.29) is 30.4 Å². The highest BCUT2D eigenvalue weighted by Crippen LogP contribution is 2.13. The van der Waals surface area contributed by atoms with Gasteiger partial charge in [-0.3, -0.25) is 14.4 Å². The van der Waals surface area contributed by atoms with E-state index < -0.39 is 47.9 Å². The first kappa shape index (κ1) is 32.3. The van der Waals surface area contributed by atoms with Crippen LogP contribution in [-0.2, 0) is 32.0 Å². The van der Waals surface area contributed by atoms with Crippen molar-refractivity contribution in [2.75, 3.05) is 0 Å².